The molecule has 3 rings (SSSR count). The molecule has 0 aliphatic rings. The first-order chi connectivity index (χ1) is 13.8. The third kappa shape index (κ3) is 4.90. The number of para-hydroxylation sites is 1. The van der Waals surface area contributed by atoms with Gasteiger partial charge in [-0.2, -0.15) is 4.31 Å². The van der Waals surface area contributed by atoms with Crippen molar-refractivity contribution in [1.82, 2.24) is 4.31 Å². The summed E-state index contributed by atoms with van der Waals surface area (Å²) < 4.78 is 41.9. The van der Waals surface area contributed by atoms with Crippen molar-refractivity contribution in [3.8, 4) is 0 Å². The van der Waals surface area contributed by atoms with E-state index in [1.54, 1.807) is 24.3 Å². The van der Waals surface area contributed by atoms with Gasteiger partial charge < -0.3 is 5.32 Å². The van der Waals surface area contributed by atoms with Crippen molar-refractivity contribution in [2.24, 2.45) is 0 Å². The molecule has 1 N–H and O–H groups in total. The van der Waals surface area contributed by atoms with Crippen molar-refractivity contribution in [3.05, 3.63) is 94.2 Å². The van der Waals surface area contributed by atoms with Crippen molar-refractivity contribution in [3.63, 3.8) is 0 Å². The van der Waals surface area contributed by atoms with Gasteiger partial charge in [-0.3, -0.25) is 4.79 Å². The van der Waals surface area contributed by atoms with Crippen molar-refractivity contribution in [2.45, 2.75) is 11.4 Å². The van der Waals surface area contributed by atoms with Crippen molar-refractivity contribution in [1.29, 1.82) is 0 Å². The van der Waals surface area contributed by atoms with Gasteiger partial charge in [0.05, 0.1) is 16.1 Å². The fourth-order valence-electron chi connectivity index (χ4n) is 2.70. The number of sulfonamides is 1. The smallest absolute Gasteiger partial charge is 0.258 e. The Balaban J connectivity index is 1.87. The molecule has 0 unspecified atom stereocenters. The molecule has 3 aromatic rings. The summed E-state index contributed by atoms with van der Waals surface area (Å²) in [5.41, 5.74) is 0.911. The summed E-state index contributed by atoms with van der Waals surface area (Å²) in [6, 6.07) is 19.2. The standard InChI is InChI=1S/C21H18BrFN2O3S/c1-25(14-15-7-3-2-4-8-15)29(27,28)16-11-12-19(23)17(13-16)21(26)24-20-10-6-5-9-18(20)22/h2-13H,14H2,1H3,(H,24,26). The molecular formula is C21H18BrFN2O3S. The Bertz CT molecular complexity index is 1140. The van der Waals surface area contributed by atoms with Gasteiger partial charge >= 0.3 is 0 Å². The zero-order valence-electron chi connectivity index (χ0n) is 15.5. The highest BCUT2D eigenvalue weighted by molar-refractivity contribution is 9.10. The highest BCUT2D eigenvalue weighted by Gasteiger charge is 2.24. The van der Waals surface area contributed by atoms with E-state index in [9.17, 15) is 17.6 Å². The van der Waals surface area contributed by atoms with Gasteiger partial charge in [-0.05, 0) is 51.8 Å². The largest absolute Gasteiger partial charge is 0.321 e. The van der Waals surface area contributed by atoms with Crippen LogP contribution < -0.4 is 5.32 Å². The Morgan fingerprint density at radius 2 is 1.69 bits per heavy atom. The molecule has 0 bridgehead atoms. The van der Waals surface area contributed by atoms with Crippen LogP contribution in [-0.2, 0) is 16.6 Å². The molecule has 0 spiro atoms. The average molecular weight is 477 g/mol. The van der Waals surface area contributed by atoms with E-state index in [4.69, 9.17) is 0 Å². The van der Waals surface area contributed by atoms with Crippen molar-refractivity contribution < 1.29 is 17.6 Å². The first kappa shape index (κ1) is 21.2. The third-order valence-corrected chi connectivity index (χ3v) is 6.75. The van der Waals surface area contributed by atoms with Crippen LogP contribution in [0.15, 0.2) is 82.2 Å². The highest BCUT2D eigenvalue weighted by Crippen LogP contribution is 2.24. The van der Waals surface area contributed by atoms with Crippen LogP contribution in [0.25, 0.3) is 0 Å². The number of nitrogens with one attached hydrogen (secondary N) is 1. The lowest BCUT2D eigenvalue weighted by molar-refractivity contribution is 0.102. The molecule has 0 saturated carbocycles. The van der Waals surface area contributed by atoms with Gasteiger partial charge in [-0.25, -0.2) is 12.8 Å². The second-order valence-electron chi connectivity index (χ2n) is 6.32. The molecule has 1 amide bonds. The number of amides is 1. The average Bonchev–Trinajstić information content (AvgIpc) is 2.70. The molecule has 0 radical (unpaired) electrons. The summed E-state index contributed by atoms with van der Waals surface area (Å²) in [6.07, 6.45) is 0. The monoisotopic (exact) mass is 476 g/mol. The van der Waals surface area contributed by atoms with Gasteiger partial charge in [-0.15, -0.1) is 0 Å². The second kappa shape index (κ2) is 8.86. The lowest BCUT2D eigenvalue weighted by Gasteiger charge is -2.18. The maximum Gasteiger partial charge on any atom is 0.258 e. The Kier molecular flexibility index (Phi) is 6.46. The molecule has 0 saturated heterocycles. The lowest BCUT2D eigenvalue weighted by atomic mass is 10.2. The topological polar surface area (TPSA) is 66.5 Å². The summed E-state index contributed by atoms with van der Waals surface area (Å²) in [7, 11) is -2.48. The Hall–Kier alpha value is -2.55. The van der Waals surface area contributed by atoms with Gasteiger partial charge in [0, 0.05) is 18.1 Å². The Labute approximate surface area is 177 Å². The molecule has 0 aliphatic carbocycles. The number of nitrogens with zero attached hydrogens (tertiary/aromatic N) is 1. The fraction of sp³-hybridized carbons (Fsp3) is 0.0952. The number of anilines is 1. The summed E-state index contributed by atoms with van der Waals surface area (Å²) in [5, 5.41) is 2.58. The molecule has 150 valence electrons. The van der Waals surface area contributed by atoms with Crippen molar-refractivity contribution in [2.75, 3.05) is 12.4 Å². The van der Waals surface area contributed by atoms with Gasteiger partial charge in [-0.1, -0.05) is 42.5 Å². The van der Waals surface area contributed by atoms with Crippen LogP contribution in [0.4, 0.5) is 10.1 Å². The predicted molar refractivity (Wildman–Crippen MR) is 114 cm³/mol. The van der Waals surface area contributed by atoms with Crippen molar-refractivity contribution >= 4 is 37.5 Å². The van der Waals surface area contributed by atoms with Crippen LogP contribution in [0.1, 0.15) is 15.9 Å². The maximum absolute atomic E-state index is 14.3. The number of carbonyl (C=O) groups is 1. The van der Waals surface area contributed by atoms with E-state index in [0.29, 0.717) is 10.2 Å². The van der Waals surface area contributed by atoms with Crippen LogP contribution in [-0.4, -0.2) is 25.7 Å². The van der Waals surface area contributed by atoms with Crippen LogP contribution in [0.3, 0.4) is 0 Å². The first-order valence-corrected chi connectivity index (χ1v) is 10.9. The molecule has 0 atom stereocenters. The summed E-state index contributed by atoms with van der Waals surface area (Å²) >= 11 is 3.30. The Morgan fingerprint density at radius 3 is 2.38 bits per heavy atom. The van der Waals surface area contributed by atoms with Gasteiger partial charge in [0.15, 0.2) is 0 Å². The minimum atomic E-state index is -3.91. The van der Waals surface area contributed by atoms with Gasteiger partial charge in [0.2, 0.25) is 10.0 Å². The normalized spacial score (nSPS) is 11.4. The number of benzene rings is 3. The minimum Gasteiger partial charge on any atom is -0.321 e. The minimum absolute atomic E-state index is 0.152. The van der Waals surface area contributed by atoms with E-state index in [-0.39, 0.29) is 17.0 Å². The number of carbonyl (C=O) groups excluding carboxylic acids is 1. The molecule has 8 heteroatoms. The van der Waals surface area contributed by atoms with E-state index < -0.39 is 21.7 Å². The molecule has 5 nitrogen and oxygen atoms in total. The van der Waals surface area contributed by atoms with Crippen LogP contribution in [0.2, 0.25) is 0 Å². The third-order valence-electron chi connectivity index (χ3n) is 4.26. The number of rotatable bonds is 6. The number of hydrogen-bond acceptors (Lipinski definition) is 3. The number of halogens is 2. The SMILES string of the molecule is CN(Cc1ccccc1)S(=O)(=O)c1ccc(F)c(C(=O)Nc2ccccc2Br)c1. The zero-order valence-corrected chi connectivity index (χ0v) is 17.9. The van der Waals surface area contributed by atoms with Crippen LogP contribution in [0.5, 0.6) is 0 Å². The van der Waals surface area contributed by atoms with Gasteiger partial charge in [0.1, 0.15) is 5.82 Å². The maximum atomic E-state index is 14.3. The molecule has 0 heterocycles. The first-order valence-electron chi connectivity index (χ1n) is 8.65. The summed E-state index contributed by atoms with van der Waals surface area (Å²) in [6.45, 7) is 0.152. The van der Waals surface area contributed by atoms with Crippen LogP contribution in [0, 0.1) is 5.82 Å². The molecule has 0 aliphatic heterocycles. The van der Waals surface area contributed by atoms with E-state index >= 15 is 0 Å². The highest BCUT2D eigenvalue weighted by atomic mass is 79.9. The van der Waals surface area contributed by atoms with Crippen LogP contribution >= 0.6 is 15.9 Å². The summed E-state index contributed by atoms with van der Waals surface area (Å²) in [4.78, 5) is 12.4. The molecular weight excluding hydrogens is 459 g/mol. The Morgan fingerprint density at radius 1 is 1.03 bits per heavy atom. The fourth-order valence-corrected chi connectivity index (χ4v) is 4.27. The molecule has 3 aromatic carbocycles. The quantitative estimate of drug-likeness (QED) is 0.562. The van der Waals surface area contributed by atoms with E-state index in [2.05, 4.69) is 21.2 Å². The molecule has 0 aromatic heterocycles. The molecule has 29 heavy (non-hydrogen) atoms. The van der Waals surface area contributed by atoms with E-state index in [1.165, 1.54) is 7.05 Å². The van der Waals surface area contributed by atoms with Gasteiger partial charge in [0.25, 0.3) is 5.91 Å². The predicted octanol–water partition coefficient (Wildman–Crippen LogP) is 4.66. The second-order valence-corrected chi connectivity index (χ2v) is 9.22. The number of hydrogen-bond donors (Lipinski definition) is 1. The van der Waals surface area contributed by atoms with E-state index in [0.717, 1.165) is 28.1 Å². The molecule has 0 fully saturated rings. The lowest BCUT2D eigenvalue weighted by Crippen LogP contribution is -2.27. The van der Waals surface area contributed by atoms with E-state index in [1.807, 2.05) is 30.3 Å². The summed E-state index contributed by atoms with van der Waals surface area (Å²) in [5.74, 6) is -1.55. The zero-order chi connectivity index (χ0) is 21.0.